The number of unbranched alkanes of at least 4 members (excludes halogenated alkanes) is 11. The summed E-state index contributed by atoms with van der Waals surface area (Å²) in [5.74, 6) is 0.691. The van der Waals surface area contributed by atoms with Crippen molar-refractivity contribution in [3.8, 4) is 0 Å². The van der Waals surface area contributed by atoms with Gasteiger partial charge in [-0.15, -0.1) is 0 Å². The van der Waals surface area contributed by atoms with Gasteiger partial charge in [0.05, 0.1) is 32.2 Å². The van der Waals surface area contributed by atoms with Crippen LogP contribution in [0.15, 0.2) is 30.4 Å². The summed E-state index contributed by atoms with van der Waals surface area (Å²) in [5.41, 5.74) is 3.88. The van der Waals surface area contributed by atoms with Gasteiger partial charge in [-0.25, -0.2) is 0 Å². The summed E-state index contributed by atoms with van der Waals surface area (Å²) in [6, 6.07) is 6.95. The van der Waals surface area contributed by atoms with Crippen molar-refractivity contribution < 1.29 is 19.2 Å². The van der Waals surface area contributed by atoms with Crippen molar-refractivity contribution in [2.75, 3.05) is 32.7 Å². The molecule has 1 aliphatic carbocycles. The summed E-state index contributed by atoms with van der Waals surface area (Å²) in [6.07, 6.45) is 26.9. The van der Waals surface area contributed by atoms with Crippen molar-refractivity contribution in [2.45, 2.75) is 134 Å². The molecule has 4 aliphatic heterocycles. The fourth-order valence-corrected chi connectivity index (χ4v) is 8.76. The van der Waals surface area contributed by atoms with Crippen LogP contribution in [0.4, 0.5) is 0 Å². The molecule has 0 radical (unpaired) electrons. The van der Waals surface area contributed by atoms with Gasteiger partial charge < -0.3 is 19.3 Å². The van der Waals surface area contributed by atoms with Gasteiger partial charge >= 0.3 is 0 Å². The summed E-state index contributed by atoms with van der Waals surface area (Å²) in [4.78, 5) is 26.5. The zero-order valence-electron chi connectivity index (χ0n) is 26.2. The molecule has 1 aromatic carbocycles. The number of carbonyl (C=O) groups is 2. The van der Waals surface area contributed by atoms with Crippen LogP contribution >= 0.6 is 0 Å². The first-order valence-electron chi connectivity index (χ1n) is 17.7. The number of rotatable bonds is 18. The van der Waals surface area contributed by atoms with Gasteiger partial charge in [0.15, 0.2) is 0 Å². The van der Waals surface area contributed by atoms with Gasteiger partial charge in [-0.2, -0.15) is 0 Å². The van der Waals surface area contributed by atoms with Crippen molar-refractivity contribution in [1.82, 2.24) is 4.90 Å². The molecule has 0 unspecified atom stereocenters. The van der Waals surface area contributed by atoms with Gasteiger partial charge in [0.25, 0.3) is 5.91 Å². The lowest BCUT2D eigenvalue weighted by Gasteiger charge is -2.56. The van der Waals surface area contributed by atoms with Crippen LogP contribution < -0.4 is 5.11 Å². The lowest BCUT2D eigenvalue weighted by Crippen LogP contribution is -2.68. The number of carbonyl (C=O) groups excluding carboxylic acids is 2. The van der Waals surface area contributed by atoms with E-state index in [0.29, 0.717) is 23.8 Å². The Bertz CT molecular complexity index is 1060. The Morgan fingerprint density at radius 1 is 0.881 bits per heavy atom. The minimum Gasteiger partial charge on any atom is -0.550 e. The maximum atomic E-state index is 13.8. The number of carboxylic acid groups (broad SMARTS) is 1. The molecule has 5 heteroatoms. The second-order valence-corrected chi connectivity index (χ2v) is 14.1. The molecule has 5 aliphatic rings. The highest BCUT2D eigenvalue weighted by Gasteiger charge is 2.50. The molecule has 0 saturated carbocycles. The molecule has 4 heterocycles. The minimum absolute atomic E-state index is 0.208. The summed E-state index contributed by atoms with van der Waals surface area (Å²) in [7, 11) is 0. The number of benzene rings is 1. The van der Waals surface area contributed by atoms with Crippen LogP contribution in [-0.4, -0.2) is 60.0 Å². The van der Waals surface area contributed by atoms with E-state index in [1.165, 1.54) is 125 Å². The van der Waals surface area contributed by atoms with Crippen LogP contribution in [0.1, 0.15) is 143 Å². The van der Waals surface area contributed by atoms with Crippen LogP contribution in [0.25, 0.3) is 0 Å². The Morgan fingerprint density at radius 3 is 2.26 bits per heavy atom. The topological polar surface area (TPSA) is 60.4 Å². The number of aryl methyl sites for hydroxylation is 1. The summed E-state index contributed by atoms with van der Waals surface area (Å²) in [6.45, 7) is 6.15. The van der Waals surface area contributed by atoms with E-state index in [9.17, 15) is 14.7 Å². The number of carboxylic acids is 1. The normalized spacial score (nSPS) is 26.6. The zero-order chi connectivity index (χ0) is 29.2. The fraction of sp³-hybridized carbons (Fsp3) is 0.730. The highest BCUT2D eigenvalue weighted by atomic mass is 16.4. The van der Waals surface area contributed by atoms with Crippen LogP contribution in [0.3, 0.4) is 0 Å². The standard InChI is InChI=1S/C37H56N2O3/c40-35(41)22-14-12-10-8-6-4-2-1-3-5-7-9-11-13-15-25-39-26-23-30(24-27-39)34(29-39)38-28-32-20-16-18-31-19-17-21-33(36(31)32)37(38)42/h1-2,17,19,21,30,32,34H,3-16,18,20,22-29H2/b2-1-/t30?,32-,34-,39?/m1/s1. The average Bonchev–Trinajstić information content (AvgIpc) is 3.01. The number of hydrogen-bond donors (Lipinski definition) is 0. The highest BCUT2D eigenvalue weighted by molar-refractivity contribution is 5.98. The van der Waals surface area contributed by atoms with Gasteiger partial charge in [-0.3, -0.25) is 4.79 Å². The number of aliphatic carboxylic acids is 1. The molecule has 1 amide bonds. The first kappa shape index (κ1) is 31.3. The largest absolute Gasteiger partial charge is 0.550 e. The quantitative estimate of drug-likeness (QED) is 0.108. The van der Waals surface area contributed by atoms with E-state index in [1.807, 2.05) is 0 Å². The summed E-state index contributed by atoms with van der Waals surface area (Å²) >= 11 is 0. The SMILES string of the molecule is O=C([O-])CCCCCCC/C=C\CCCCCCCC[N+]12CCC(CC1)[C@H](N1C[C@H]3CCCc4cccc(c43)C1=O)C2. The number of piperidine rings is 3. The van der Waals surface area contributed by atoms with Crippen LogP contribution in [-0.2, 0) is 11.2 Å². The Kier molecular flexibility index (Phi) is 11.6. The monoisotopic (exact) mass is 576 g/mol. The van der Waals surface area contributed by atoms with Gasteiger partial charge in [0.2, 0.25) is 0 Å². The van der Waals surface area contributed by atoms with Gasteiger partial charge in [-0.1, -0.05) is 62.8 Å². The van der Waals surface area contributed by atoms with E-state index < -0.39 is 5.97 Å². The second-order valence-electron chi connectivity index (χ2n) is 14.1. The van der Waals surface area contributed by atoms with E-state index >= 15 is 0 Å². The van der Waals surface area contributed by atoms with E-state index in [0.717, 1.165) is 44.2 Å². The maximum absolute atomic E-state index is 13.8. The molecule has 1 aromatic rings. The zero-order valence-corrected chi connectivity index (χ0v) is 26.2. The molecule has 0 N–H and O–H groups in total. The van der Waals surface area contributed by atoms with E-state index in [1.54, 1.807) is 0 Å². The van der Waals surface area contributed by atoms with Crippen molar-refractivity contribution in [1.29, 1.82) is 0 Å². The molecular formula is C37H56N2O3. The third-order valence-corrected chi connectivity index (χ3v) is 11.2. The Labute approximate surface area is 255 Å². The molecular weight excluding hydrogens is 520 g/mol. The van der Waals surface area contributed by atoms with E-state index in [4.69, 9.17) is 0 Å². The number of hydrogen-bond acceptors (Lipinski definition) is 3. The minimum atomic E-state index is -0.919. The highest BCUT2D eigenvalue weighted by Crippen LogP contribution is 2.43. The average molecular weight is 577 g/mol. The van der Waals surface area contributed by atoms with Crippen molar-refractivity contribution >= 4 is 11.9 Å². The van der Waals surface area contributed by atoms with Gasteiger partial charge in [0, 0.05) is 36.8 Å². The molecule has 5 nitrogen and oxygen atoms in total. The first-order chi connectivity index (χ1) is 20.6. The molecule has 2 atom stereocenters. The predicted octanol–water partition coefficient (Wildman–Crippen LogP) is 6.94. The number of fused-ring (bicyclic) bond motifs is 3. The van der Waals surface area contributed by atoms with Crippen LogP contribution in [0.5, 0.6) is 0 Å². The molecule has 6 rings (SSSR count). The molecule has 42 heavy (non-hydrogen) atoms. The van der Waals surface area contributed by atoms with Crippen LogP contribution in [0.2, 0.25) is 0 Å². The third kappa shape index (κ3) is 8.07. The summed E-state index contributed by atoms with van der Waals surface area (Å²) in [5, 5.41) is 10.4. The maximum Gasteiger partial charge on any atom is 0.254 e. The van der Waals surface area contributed by atoms with Crippen molar-refractivity contribution in [3.05, 3.63) is 47.0 Å². The predicted molar refractivity (Wildman–Crippen MR) is 168 cm³/mol. The lowest BCUT2D eigenvalue weighted by atomic mass is 9.75. The van der Waals surface area contributed by atoms with Gasteiger partial charge in [0.1, 0.15) is 0 Å². The fourth-order valence-electron chi connectivity index (χ4n) is 8.76. The Balaban J connectivity index is 0.947. The Hall–Kier alpha value is -2.14. The number of nitrogens with zero attached hydrogens (tertiary/aromatic N) is 2. The van der Waals surface area contributed by atoms with Crippen molar-refractivity contribution in [2.24, 2.45) is 5.92 Å². The lowest BCUT2D eigenvalue weighted by molar-refractivity contribution is -0.945. The van der Waals surface area contributed by atoms with Gasteiger partial charge in [-0.05, 0) is 93.7 Å². The smallest absolute Gasteiger partial charge is 0.254 e. The van der Waals surface area contributed by atoms with Crippen molar-refractivity contribution in [3.63, 3.8) is 0 Å². The molecule has 3 fully saturated rings. The molecule has 232 valence electrons. The molecule has 2 bridgehead atoms. The van der Waals surface area contributed by atoms with E-state index in [-0.39, 0.29) is 6.42 Å². The third-order valence-electron chi connectivity index (χ3n) is 11.2. The van der Waals surface area contributed by atoms with E-state index in [2.05, 4.69) is 35.3 Å². The molecule has 0 spiro atoms. The Morgan fingerprint density at radius 2 is 1.55 bits per heavy atom. The molecule has 0 aromatic heterocycles. The second kappa shape index (κ2) is 15.5. The number of allylic oxidation sites excluding steroid dienone is 2. The van der Waals surface area contributed by atoms with Crippen LogP contribution in [0, 0.1) is 5.92 Å². The number of amides is 1. The summed E-state index contributed by atoms with van der Waals surface area (Å²) < 4.78 is 1.27. The number of quaternary nitrogens is 1. The first-order valence-corrected chi connectivity index (χ1v) is 17.7. The molecule has 3 saturated heterocycles.